The fraction of sp³-hybridized carbons (Fsp3) is 0.588. The van der Waals surface area contributed by atoms with E-state index in [-0.39, 0.29) is 24.0 Å². The van der Waals surface area contributed by atoms with Crippen molar-refractivity contribution in [1.82, 2.24) is 10.6 Å². The lowest BCUT2D eigenvalue weighted by molar-refractivity contribution is 0.519. The van der Waals surface area contributed by atoms with E-state index in [0.717, 1.165) is 38.4 Å². The van der Waals surface area contributed by atoms with Gasteiger partial charge < -0.3 is 10.6 Å². The molecular formula is C17H28IN3. The van der Waals surface area contributed by atoms with Gasteiger partial charge in [0.2, 0.25) is 0 Å². The average molecular weight is 401 g/mol. The summed E-state index contributed by atoms with van der Waals surface area (Å²) in [6, 6.07) is 10.8. The van der Waals surface area contributed by atoms with Gasteiger partial charge in [-0.15, -0.1) is 24.0 Å². The summed E-state index contributed by atoms with van der Waals surface area (Å²) in [7, 11) is 0. The third-order valence-corrected chi connectivity index (χ3v) is 3.84. The van der Waals surface area contributed by atoms with E-state index in [4.69, 9.17) is 4.99 Å². The summed E-state index contributed by atoms with van der Waals surface area (Å²) in [5, 5.41) is 6.69. The lowest BCUT2D eigenvalue weighted by Crippen LogP contribution is -2.38. The van der Waals surface area contributed by atoms with Gasteiger partial charge in [-0.1, -0.05) is 37.3 Å². The zero-order chi connectivity index (χ0) is 14.3. The van der Waals surface area contributed by atoms with Gasteiger partial charge in [-0.2, -0.15) is 0 Å². The van der Waals surface area contributed by atoms with E-state index in [1.54, 1.807) is 0 Å². The van der Waals surface area contributed by atoms with Gasteiger partial charge in [0.05, 0.1) is 0 Å². The number of nitrogens with one attached hydrogen (secondary N) is 2. The molecule has 0 saturated heterocycles. The summed E-state index contributed by atoms with van der Waals surface area (Å²) in [5.41, 5.74) is 1.85. The van der Waals surface area contributed by atoms with Crippen LogP contribution in [0.15, 0.2) is 35.3 Å². The van der Waals surface area contributed by atoms with Crippen molar-refractivity contribution >= 4 is 29.9 Å². The van der Waals surface area contributed by atoms with E-state index in [9.17, 15) is 0 Å². The molecule has 1 aromatic rings. The number of aliphatic imine (C=N–C) groups is 1. The van der Waals surface area contributed by atoms with E-state index in [2.05, 4.69) is 54.8 Å². The maximum absolute atomic E-state index is 4.78. The van der Waals surface area contributed by atoms with Crippen LogP contribution in [0.3, 0.4) is 0 Å². The molecule has 0 amide bonds. The zero-order valence-corrected chi connectivity index (χ0v) is 15.5. The number of halogens is 1. The number of guanidine groups is 1. The second-order valence-electron chi connectivity index (χ2n) is 5.78. The molecule has 1 aliphatic rings. The monoisotopic (exact) mass is 401 g/mol. The van der Waals surface area contributed by atoms with Crippen molar-refractivity contribution in [2.45, 2.75) is 39.5 Å². The molecule has 0 aliphatic heterocycles. The minimum Gasteiger partial charge on any atom is -0.357 e. The van der Waals surface area contributed by atoms with Crippen LogP contribution in [0.4, 0.5) is 0 Å². The highest BCUT2D eigenvalue weighted by Gasteiger charge is 2.42. The van der Waals surface area contributed by atoms with Crippen LogP contribution in [-0.2, 0) is 6.42 Å². The molecule has 0 spiro atoms. The first-order chi connectivity index (χ1) is 9.78. The van der Waals surface area contributed by atoms with Crippen LogP contribution < -0.4 is 10.6 Å². The van der Waals surface area contributed by atoms with Gasteiger partial charge in [0.1, 0.15) is 0 Å². The van der Waals surface area contributed by atoms with Crippen molar-refractivity contribution in [3.8, 4) is 0 Å². The number of hydrogen-bond acceptors (Lipinski definition) is 1. The molecule has 4 heteroatoms. The predicted octanol–water partition coefficient (Wildman–Crippen LogP) is 3.59. The highest BCUT2D eigenvalue weighted by molar-refractivity contribution is 14.0. The average Bonchev–Trinajstić information content (AvgIpc) is 3.23. The van der Waals surface area contributed by atoms with Crippen LogP contribution in [0.5, 0.6) is 0 Å². The first-order valence-electron chi connectivity index (χ1n) is 7.84. The number of benzene rings is 1. The van der Waals surface area contributed by atoms with Gasteiger partial charge in [0, 0.05) is 19.6 Å². The lowest BCUT2D eigenvalue weighted by atomic mass is 9.97. The van der Waals surface area contributed by atoms with Crippen molar-refractivity contribution in [3.05, 3.63) is 35.9 Å². The molecule has 0 unspecified atom stereocenters. The number of rotatable bonds is 7. The van der Waals surface area contributed by atoms with Gasteiger partial charge in [-0.25, -0.2) is 0 Å². The number of nitrogens with zero attached hydrogens (tertiary/aromatic N) is 1. The Labute approximate surface area is 146 Å². The summed E-state index contributed by atoms with van der Waals surface area (Å²) in [4.78, 5) is 4.78. The Morgan fingerprint density at radius 2 is 1.86 bits per heavy atom. The van der Waals surface area contributed by atoms with E-state index in [0.29, 0.717) is 5.41 Å². The van der Waals surface area contributed by atoms with Crippen LogP contribution in [-0.4, -0.2) is 25.6 Å². The van der Waals surface area contributed by atoms with Crippen molar-refractivity contribution < 1.29 is 0 Å². The Kier molecular flexibility index (Phi) is 8.07. The van der Waals surface area contributed by atoms with Gasteiger partial charge >= 0.3 is 0 Å². The molecule has 0 atom stereocenters. The van der Waals surface area contributed by atoms with E-state index < -0.39 is 0 Å². The van der Waals surface area contributed by atoms with Crippen molar-refractivity contribution in [2.24, 2.45) is 10.4 Å². The quantitative estimate of drug-likeness (QED) is 0.416. The Bertz CT molecular complexity index is 427. The summed E-state index contributed by atoms with van der Waals surface area (Å²) in [6.07, 6.45) is 4.89. The standard InChI is InChI=1S/C17H27N3.HI/c1-3-12-19-16(18-4-2)20-14-17(10-11-17)13-15-8-6-5-7-9-15;/h5-9H,3-4,10-14H2,1-2H3,(H2,18,19,20);1H. The first kappa shape index (κ1) is 18.3. The largest absolute Gasteiger partial charge is 0.357 e. The lowest BCUT2D eigenvalue weighted by Gasteiger charge is -2.15. The second kappa shape index (κ2) is 9.28. The van der Waals surface area contributed by atoms with Crippen LogP contribution in [0.2, 0.25) is 0 Å². The van der Waals surface area contributed by atoms with E-state index in [1.165, 1.54) is 18.4 Å². The zero-order valence-electron chi connectivity index (χ0n) is 13.2. The maximum Gasteiger partial charge on any atom is 0.191 e. The fourth-order valence-corrected chi connectivity index (χ4v) is 2.43. The molecule has 1 aromatic carbocycles. The highest BCUT2D eigenvalue weighted by atomic mass is 127. The second-order valence-corrected chi connectivity index (χ2v) is 5.78. The summed E-state index contributed by atoms with van der Waals surface area (Å²) in [5.74, 6) is 0.966. The Hall–Kier alpha value is -0.780. The molecule has 1 aliphatic carbocycles. The van der Waals surface area contributed by atoms with Gasteiger partial charge in [0.25, 0.3) is 0 Å². The fourth-order valence-electron chi connectivity index (χ4n) is 2.43. The van der Waals surface area contributed by atoms with Crippen molar-refractivity contribution in [1.29, 1.82) is 0 Å². The van der Waals surface area contributed by atoms with Crippen LogP contribution in [0.25, 0.3) is 0 Å². The summed E-state index contributed by atoms with van der Waals surface area (Å²) in [6.45, 7) is 7.12. The molecule has 2 N–H and O–H groups in total. The van der Waals surface area contributed by atoms with Gasteiger partial charge in [-0.3, -0.25) is 4.99 Å². The topological polar surface area (TPSA) is 36.4 Å². The van der Waals surface area contributed by atoms with Gasteiger partial charge in [-0.05, 0) is 43.6 Å². The molecule has 2 rings (SSSR count). The molecule has 0 bridgehead atoms. The minimum absolute atomic E-state index is 0. The first-order valence-corrected chi connectivity index (χ1v) is 7.84. The predicted molar refractivity (Wildman–Crippen MR) is 102 cm³/mol. The van der Waals surface area contributed by atoms with Crippen LogP contribution in [0.1, 0.15) is 38.7 Å². The summed E-state index contributed by atoms with van der Waals surface area (Å²) < 4.78 is 0. The molecular weight excluding hydrogens is 373 g/mol. The van der Waals surface area contributed by atoms with Crippen LogP contribution >= 0.6 is 24.0 Å². The molecule has 0 radical (unpaired) electrons. The third kappa shape index (κ3) is 6.24. The highest BCUT2D eigenvalue weighted by Crippen LogP contribution is 2.48. The summed E-state index contributed by atoms with van der Waals surface area (Å²) >= 11 is 0. The Balaban J connectivity index is 0.00000220. The minimum atomic E-state index is 0. The Morgan fingerprint density at radius 1 is 1.14 bits per heavy atom. The molecule has 0 heterocycles. The smallest absolute Gasteiger partial charge is 0.191 e. The maximum atomic E-state index is 4.78. The van der Waals surface area contributed by atoms with Crippen molar-refractivity contribution in [2.75, 3.05) is 19.6 Å². The van der Waals surface area contributed by atoms with Gasteiger partial charge in [0.15, 0.2) is 5.96 Å². The molecule has 1 fully saturated rings. The molecule has 118 valence electrons. The Morgan fingerprint density at radius 3 is 2.43 bits per heavy atom. The van der Waals surface area contributed by atoms with Crippen molar-refractivity contribution in [3.63, 3.8) is 0 Å². The van der Waals surface area contributed by atoms with E-state index >= 15 is 0 Å². The molecule has 21 heavy (non-hydrogen) atoms. The normalized spacial score (nSPS) is 16.0. The number of hydrogen-bond donors (Lipinski definition) is 2. The van der Waals surface area contributed by atoms with Crippen LogP contribution in [0, 0.1) is 5.41 Å². The molecule has 1 saturated carbocycles. The molecule has 3 nitrogen and oxygen atoms in total. The SMILES string of the molecule is CCCNC(=NCC1(Cc2ccccc2)CC1)NCC.I. The third-order valence-electron chi connectivity index (χ3n) is 3.84. The molecule has 0 aromatic heterocycles. The van der Waals surface area contributed by atoms with E-state index in [1.807, 2.05) is 0 Å².